The number of nitrogens with zero attached hydrogens (tertiary/aromatic N) is 1. The topological polar surface area (TPSA) is 46.3 Å². The van der Waals surface area contributed by atoms with Crippen LogP contribution in [0.2, 0.25) is 0 Å². The summed E-state index contributed by atoms with van der Waals surface area (Å²) in [6, 6.07) is 0.859. The maximum Gasteiger partial charge on any atom is 0.225 e. The summed E-state index contributed by atoms with van der Waals surface area (Å²) in [4.78, 5) is 14.4. The van der Waals surface area contributed by atoms with Gasteiger partial charge in [0.25, 0.3) is 0 Å². The molecule has 2 saturated carbocycles. The second-order valence-corrected chi connectivity index (χ2v) is 5.59. The van der Waals surface area contributed by atoms with Gasteiger partial charge in [-0.2, -0.15) is 0 Å². The van der Waals surface area contributed by atoms with E-state index in [2.05, 4.69) is 4.90 Å². The Morgan fingerprint density at radius 3 is 2.44 bits per heavy atom. The SMILES string of the molecule is Cl.NC1CCC(C(=O)N2CC3CCC2C3)C1. The molecule has 4 heteroatoms. The predicted octanol–water partition coefficient (Wildman–Crippen LogP) is 1.55. The summed E-state index contributed by atoms with van der Waals surface area (Å²) in [5.74, 6) is 1.48. The number of likely N-dealkylation sites (tertiary alicyclic amines) is 1. The Labute approximate surface area is 103 Å². The minimum absolute atomic E-state index is 0. The monoisotopic (exact) mass is 244 g/mol. The van der Waals surface area contributed by atoms with Gasteiger partial charge in [0, 0.05) is 24.5 Å². The van der Waals surface area contributed by atoms with Crippen LogP contribution in [0, 0.1) is 11.8 Å². The van der Waals surface area contributed by atoms with Crippen LogP contribution in [0.15, 0.2) is 0 Å². The second kappa shape index (κ2) is 4.53. The number of nitrogens with two attached hydrogens (primary N) is 1. The summed E-state index contributed by atoms with van der Waals surface area (Å²) in [7, 11) is 0. The predicted molar refractivity (Wildman–Crippen MR) is 65.4 cm³/mol. The average Bonchev–Trinajstić information content (AvgIpc) is 2.90. The van der Waals surface area contributed by atoms with E-state index in [0.717, 1.165) is 31.7 Å². The maximum absolute atomic E-state index is 12.3. The first-order valence-corrected chi connectivity index (χ1v) is 6.30. The third-order valence-electron chi connectivity index (χ3n) is 4.51. The lowest BCUT2D eigenvalue weighted by molar-refractivity contribution is -0.137. The fourth-order valence-electron chi connectivity index (χ4n) is 3.67. The van der Waals surface area contributed by atoms with Crippen molar-refractivity contribution in [2.24, 2.45) is 17.6 Å². The normalized spacial score (nSPS) is 41.2. The summed E-state index contributed by atoms with van der Waals surface area (Å²) in [6.45, 7) is 1.04. The van der Waals surface area contributed by atoms with Crippen LogP contribution in [0.3, 0.4) is 0 Å². The molecule has 0 spiro atoms. The molecule has 1 aliphatic heterocycles. The Morgan fingerprint density at radius 2 is 1.94 bits per heavy atom. The number of fused-ring (bicyclic) bond motifs is 2. The molecule has 0 aromatic heterocycles. The third kappa shape index (κ3) is 1.95. The van der Waals surface area contributed by atoms with Crippen molar-refractivity contribution in [2.75, 3.05) is 6.54 Å². The van der Waals surface area contributed by atoms with E-state index < -0.39 is 0 Å². The van der Waals surface area contributed by atoms with Crippen molar-refractivity contribution in [1.82, 2.24) is 4.90 Å². The average molecular weight is 245 g/mol. The first kappa shape index (κ1) is 12.2. The van der Waals surface area contributed by atoms with Crippen molar-refractivity contribution in [3.05, 3.63) is 0 Å². The molecule has 16 heavy (non-hydrogen) atoms. The van der Waals surface area contributed by atoms with E-state index in [1.165, 1.54) is 19.3 Å². The first-order valence-electron chi connectivity index (χ1n) is 6.30. The van der Waals surface area contributed by atoms with E-state index in [9.17, 15) is 4.79 Å². The summed E-state index contributed by atoms with van der Waals surface area (Å²) < 4.78 is 0. The molecule has 1 heterocycles. The number of rotatable bonds is 1. The van der Waals surface area contributed by atoms with Crippen molar-refractivity contribution >= 4 is 18.3 Å². The van der Waals surface area contributed by atoms with Crippen LogP contribution in [0.5, 0.6) is 0 Å². The Kier molecular flexibility index (Phi) is 3.45. The lowest BCUT2D eigenvalue weighted by atomic mass is 10.0. The van der Waals surface area contributed by atoms with Gasteiger partial charge < -0.3 is 10.6 Å². The zero-order chi connectivity index (χ0) is 10.4. The van der Waals surface area contributed by atoms with Gasteiger partial charge in [-0.3, -0.25) is 4.79 Å². The molecule has 1 amide bonds. The highest BCUT2D eigenvalue weighted by molar-refractivity contribution is 5.85. The quantitative estimate of drug-likeness (QED) is 0.761. The van der Waals surface area contributed by atoms with Gasteiger partial charge >= 0.3 is 0 Å². The van der Waals surface area contributed by atoms with Crippen LogP contribution in [-0.4, -0.2) is 29.4 Å². The molecule has 2 aliphatic carbocycles. The van der Waals surface area contributed by atoms with Gasteiger partial charge in [-0.05, 0) is 44.4 Å². The van der Waals surface area contributed by atoms with E-state index in [-0.39, 0.29) is 24.4 Å². The number of carbonyl (C=O) groups excluding carboxylic acids is 1. The number of hydrogen-bond donors (Lipinski definition) is 1. The Hall–Kier alpha value is -0.280. The lowest BCUT2D eigenvalue weighted by Crippen LogP contribution is -2.41. The minimum Gasteiger partial charge on any atom is -0.339 e. The van der Waals surface area contributed by atoms with Crippen molar-refractivity contribution in [3.8, 4) is 0 Å². The molecule has 3 fully saturated rings. The highest BCUT2D eigenvalue weighted by atomic mass is 35.5. The summed E-state index contributed by atoms with van der Waals surface area (Å²) in [5, 5.41) is 0. The maximum atomic E-state index is 12.3. The smallest absolute Gasteiger partial charge is 0.225 e. The summed E-state index contributed by atoms with van der Waals surface area (Å²) in [6.07, 6.45) is 6.84. The van der Waals surface area contributed by atoms with Crippen LogP contribution in [0.4, 0.5) is 0 Å². The number of hydrogen-bond acceptors (Lipinski definition) is 2. The Morgan fingerprint density at radius 1 is 1.12 bits per heavy atom. The van der Waals surface area contributed by atoms with Crippen LogP contribution in [0.25, 0.3) is 0 Å². The largest absolute Gasteiger partial charge is 0.339 e. The number of amides is 1. The Balaban J connectivity index is 0.000000963. The molecule has 92 valence electrons. The standard InChI is InChI=1S/C12H20N2O.ClH/c13-10-3-2-9(6-10)12(15)14-7-8-1-4-11(14)5-8;/h8-11H,1-7,13H2;1H. The fraction of sp³-hybridized carbons (Fsp3) is 0.917. The minimum atomic E-state index is 0. The molecular weight excluding hydrogens is 224 g/mol. The van der Waals surface area contributed by atoms with E-state index in [0.29, 0.717) is 11.9 Å². The van der Waals surface area contributed by atoms with Gasteiger partial charge in [0.05, 0.1) is 0 Å². The number of halogens is 1. The van der Waals surface area contributed by atoms with Crippen LogP contribution in [0.1, 0.15) is 38.5 Å². The summed E-state index contributed by atoms with van der Waals surface area (Å²) in [5.41, 5.74) is 5.87. The number of piperidine rings is 1. The van der Waals surface area contributed by atoms with E-state index in [4.69, 9.17) is 5.73 Å². The molecule has 0 aromatic rings. The van der Waals surface area contributed by atoms with Crippen molar-refractivity contribution < 1.29 is 4.79 Å². The van der Waals surface area contributed by atoms with Gasteiger partial charge in [0.15, 0.2) is 0 Å². The van der Waals surface area contributed by atoms with E-state index >= 15 is 0 Å². The Bertz CT molecular complexity index is 284. The molecule has 2 bridgehead atoms. The van der Waals surface area contributed by atoms with Crippen molar-refractivity contribution in [2.45, 2.75) is 50.6 Å². The van der Waals surface area contributed by atoms with Gasteiger partial charge in [-0.15, -0.1) is 12.4 Å². The number of carbonyl (C=O) groups is 1. The molecule has 3 nitrogen and oxygen atoms in total. The lowest BCUT2D eigenvalue weighted by Gasteiger charge is -2.29. The van der Waals surface area contributed by atoms with E-state index in [1.807, 2.05) is 0 Å². The molecule has 0 aromatic carbocycles. The van der Waals surface area contributed by atoms with Gasteiger partial charge in [0.1, 0.15) is 0 Å². The van der Waals surface area contributed by atoms with Crippen molar-refractivity contribution in [1.29, 1.82) is 0 Å². The molecule has 4 unspecified atom stereocenters. The first-order chi connectivity index (χ1) is 7.24. The van der Waals surface area contributed by atoms with Gasteiger partial charge in [0.2, 0.25) is 5.91 Å². The molecule has 4 atom stereocenters. The zero-order valence-corrected chi connectivity index (χ0v) is 10.4. The molecule has 3 aliphatic rings. The molecular formula is C12H21ClN2O. The molecule has 1 saturated heterocycles. The van der Waals surface area contributed by atoms with Crippen LogP contribution in [-0.2, 0) is 4.79 Å². The van der Waals surface area contributed by atoms with Crippen LogP contribution >= 0.6 is 12.4 Å². The van der Waals surface area contributed by atoms with Crippen molar-refractivity contribution in [3.63, 3.8) is 0 Å². The molecule has 0 radical (unpaired) electrons. The van der Waals surface area contributed by atoms with Crippen LogP contribution < -0.4 is 5.73 Å². The van der Waals surface area contributed by atoms with Gasteiger partial charge in [-0.25, -0.2) is 0 Å². The molecule has 3 rings (SSSR count). The summed E-state index contributed by atoms with van der Waals surface area (Å²) >= 11 is 0. The highest BCUT2D eigenvalue weighted by Crippen LogP contribution is 2.39. The second-order valence-electron chi connectivity index (χ2n) is 5.59. The van der Waals surface area contributed by atoms with Gasteiger partial charge in [-0.1, -0.05) is 0 Å². The van der Waals surface area contributed by atoms with E-state index in [1.54, 1.807) is 0 Å². The molecule has 2 N–H and O–H groups in total. The third-order valence-corrected chi connectivity index (χ3v) is 4.51. The zero-order valence-electron chi connectivity index (χ0n) is 9.60. The fourth-order valence-corrected chi connectivity index (χ4v) is 3.67. The highest BCUT2D eigenvalue weighted by Gasteiger charge is 2.42.